The first-order valence-electron chi connectivity index (χ1n) is 6.55. The first-order chi connectivity index (χ1) is 9.20. The molecule has 114 valence electrons. The number of sulfonamides is 1. The molecule has 0 saturated carbocycles. The minimum absolute atomic E-state index is 0.105. The van der Waals surface area contributed by atoms with Gasteiger partial charge in [0.05, 0.1) is 0 Å². The molecule has 0 radical (unpaired) electrons. The van der Waals surface area contributed by atoms with Crippen LogP contribution in [0.4, 0.5) is 5.82 Å². The van der Waals surface area contributed by atoms with Crippen LogP contribution in [0.15, 0.2) is 21.6 Å². The number of rotatable bonds is 6. The van der Waals surface area contributed by atoms with Gasteiger partial charge in [-0.3, -0.25) is 0 Å². The summed E-state index contributed by atoms with van der Waals surface area (Å²) in [6.45, 7) is 8.25. The highest BCUT2D eigenvalue weighted by Crippen LogP contribution is 2.27. The SMILES string of the molecule is CNc1ncc(Br)cc1S(=O)(=O)N(CC(C)C)C(C)C. The molecular weight excluding hydrogens is 342 g/mol. The quantitative estimate of drug-likeness (QED) is 0.843. The van der Waals surface area contributed by atoms with Crippen LogP contribution >= 0.6 is 15.9 Å². The third kappa shape index (κ3) is 3.93. The van der Waals surface area contributed by atoms with Crippen molar-refractivity contribution in [3.05, 3.63) is 16.7 Å². The lowest BCUT2D eigenvalue weighted by Crippen LogP contribution is -2.39. The third-order valence-electron chi connectivity index (χ3n) is 2.76. The van der Waals surface area contributed by atoms with Gasteiger partial charge < -0.3 is 5.32 Å². The molecule has 1 rings (SSSR count). The van der Waals surface area contributed by atoms with Gasteiger partial charge in [-0.25, -0.2) is 13.4 Å². The molecule has 0 atom stereocenters. The summed E-state index contributed by atoms with van der Waals surface area (Å²) >= 11 is 3.28. The van der Waals surface area contributed by atoms with Crippen molar-refractivity contribution in [2.45, 2.75) is 38.6 Å². The van der Waals surface area contributed by atoms with Gasteiger partial charge in [-0.2, -0.15) is 4.31 Å². The zero-order valence-corrected chi connectivity index (χ0v) is 14.9. The van der Waals surface area contributed by atoms with Crippen molar-refractivity contribution >= 4 is 31.8 Å². The van der Waals surface area contributed by atoms with E-state index in [2.05, 4.69) is 26.2 Å². The summed E-state index contributed by atoms with van der Waals surface area (Å²) in [7, 11) is -1.92. The van der Waals surface area contributed by atoms with Gasteiger partial charge >= 0.3 is 0 Å². The van der Waals surface area contributed by atoms with Crippen LogP contribution < -0.4 is 5.32 Å². The molecule has 1 aromatic rings. The minimum Gasteiger partial charge on any atom is -0.372 e. The van der Waals surface area contributed by atoms with E-state index in [-0.39, 0.29) is 16.9 Å². The Balaban J connectivity index is 3.36. The van der Waals surface area contributed by atoms with E-state index in [9.17, 15) is 8.42 Å². The molecule has 1 N–H and O–H groups in total. The van der Waals surface area contributed by atoms with Gasteiger partial charge in [0.15, 0.2) is 0 Å². The lowest BCUT2D eigenvalue weighted by Gasteiger charge is -2.28. The molecule has 0 bridgehead atoms. The molecule has 0 amide bonds. The molecule has 1 heterocycles. The average molecular weight is 364 g/mol. The highest BCUT2D eigenvalue weighted by atomic mass is 79.9. The van der Waals surface area contributed by atoms with E-state index < -0.39 is 10.0 Å². The second kappa shape index (κ2) is 6.87. The van der Waals surface area contributed by atoms with Gasteiger partial charge in [0.2, 0.25) is 10.0 Å². The molecule has 0 aliphatic rings. The van der Waals surface area contributed by atoms with Crippen LogP contribution in [-0.2, 0) is 10.0 Å². The Morgan fingerprint density at radius 1 is 1.35 bits per heavy atom. The Morgan fingerprint density at radius 2 is 1.95 bits per heavy atom. The second-order valence-electron chi connectivity index (χ2n) is 5.31. The third-order valence-corrected chi connectivity index (χ3v) is 5.25. The van der Waals surface area contributed by atoms with Crippen LogP contribution in [0.2, 0.25) is 0 Å². The normalized spacial score (nSPS) is 12.4. The standard InChI is InChI=1S/C13H22BrN3O2S/c1-9(2)8-17(10(3)4)20(18,19)12-6-11(14)7-16-13(12)15-5/h6-7,9-10H,8H2,1-5H3,(H,15,16). The zero-order chi connectivity index (χ0) is 15.5. The number of anilines is 1. The molecule has 1 aromatic heterocycles. The number of hydrogen-bond acceptors (Lipinski definition) is 4. The predicted molar refractivity (Wildman–Crippen MR) is 85.3 cm³/mol. The van der Waals surface area contributed by atoms with Crippen LogP contribution in [0.1, 0.15) is 27.7 Å². The first kappa shape index (κ1) is 17.4. The lowest BCUT2D eigenvalue weighted by molar-refractivity contribution is 0.319. The number of nitrogens with one attached hydrogen (secondary N) is 1. The van der Waals surface area contributed by atoms with E-state index in [0.717, 1.165) is 0 Å². The van der Waals surface area contributed by atoms with E-state index >= 15 is 0 Å². The molecule has 0 fully saturated rings. The van der Waals surface area contributed by atoms with Crippen LogP contribution in [0.3, 0.4) is 0 Å². The van der Waals surface area contributed by atoms with Crippen LogP contribution in [0.25, 0.3) is 0 Å². The van der Waals surface area contributed by atoms with Crippen LogP contribution in [0, 0.1) is 5.92 Å². The van der Waals surface area contributed by atoms with Gasteiger partial charge in [0.25, 0.3) is 0 Å². The summed E-state index contributed by atoms with van der Waals surface area (Å²) in [4.78, 5) is 4.32. The molecule has 0 aliphatic carbocycles. The first-order valence-corrected chi connectivity index (χ1v) is 8.78. The number of nitrogens with zero attached hydrogens (tertiary/aromatic N) is 2. The zero-order valence-electron chi connectivity index (χ0n) is 12.5. The van der Waals surface area contributed by atoms with E-state index in [4.69, 9.17) is 0 Å². The van der Waals surface area contributed by atoms with Crippen LogP contribution in [0.5, 0.6) is 0 Å². The van der Waals surface area contributed by atoms with Crippen molar-refractivity contribution < 1.29 is 8.42 Å². The summed E-state index contributed by atoms with van der Waals surface area (Å²) in [5, 5.41) is 2.84. The van der Waals surface area contributed by atoms with E-state index in [1.54, 1.807) is 19.3 Å². The number of pyridine rings is 1. The summed E-state index contributed by atoms with van der Waals surface area (Å²) in [5.41, 5.74) is 0. The van der Waals surface area contributed by atoms with Crippen molar-refractivity contribution in [3.63, 3.8) is 0 Å². The summed E-state index contributed by atoms with van der Waals surface area (Å²) in [6.07, 6.45) is 1.58. The highest BCUT2D eigenvalue weighted by Gasteiger charge is 2.30. The fourth-order valence-electron chi connectivity index (χ4n) is 1.88. The maximum Gasteiger partial charge on any atom is 0.247 e. The number of aromatic nitrogens is 1. The topological polar surface area (TPSA) is 62.3 Å². The minimum atomic E-state index is -3.58. The largest absolute Gasteiger partial charge is 0.372 e. The molecule has 7 heteroatoms. The van der Waals surface area contributed by atoms with Gasteiger partial charge in [-0.1, -0.05) is 13.8 Å². The van der Waals surface area contributed by atoms with Crippen molar-refractivity contribution in [3.8, 4) is 0 Å². The Hall–Kier alpha value is -0.660. The van der Waals surface area contributed by atoms with Crippen molar-refractivity contribution in [2.75, 3.05) is 18.9 Å². The number of hydrogen-bond donors (Lipinski definition) is 1. The highest BCUT2D eigenvalue weighted by molar-refractivity contribution is 9.10. The summed E-state index contributed by atoms with van der Waals surface area (Å²) in [6, 6.07) is 1.48. The molecule has 20 heavy (non-hydrogen) atoms. The van der Waals surface area contributed by atoms with E-state index in [1.165, 1.54) is 4.31 Å². The Bertz CT molecular complexity index is 559. The lowest BCUT2D eigenvalue weighted by atomic mass is 10.2. The fraction of sp³-hybridized carbons (Fsp3) is 0.615. The van der Waals surface area contributed by atoms with Crippen molar-refractivity contribution in [1.29, 1.82) is 0 Å². The molecule has 0 spiro atoms. The maximum absolute atomic E-state index is 12.9. The van der Waals surface area contributed by atoms with Gasteiger partial charge in [0.1, 0.15) is 10.7 Å². The second-order valence-corrected chi connectivity index (χ2v) is 8.09. The Labute approximate surface area is 130 Å². The van der Waals surface area contributed by atoms with E-state index in [0.29, 0.717) is 16.8 Å². The maximum atomic E-state index is 12.9. The fourth-order valence-corrected chi connectivity index (χ4v) is 4.34. The molecule has 5 nitrogen and oxygen atoms in total. The summed E-state index contributed by atoms with van der Waals surface area (Å²) < 4.78 is 27.9. The predicted octanol–water partition coefficient (Wildman–Crippen LogP) is 2.94. The average Bonchev–Trinajstić information content (AvgIpc) is 2.35. The van der Waals surface area contributed by atoms with Gasteiger partial charge in [-0.15, -0.1) is 0 Å². The molecule has 0 saturated heterocycles. The Morgan fingerprint density at radius 3 is 2.40 bits per heavy atom. The van der Waals surface area contributed by atoms with Crippen molar-refractivity contribution in [2.24, 2.45) is 5.92 Å². The smallest absolute Gasteiger partial charge is 0.247 e. The summed E-state index contributed by atoms with van der Waals surface area (Å²) in [5.74, 6) is 0.618. The molecular formula is C13H22BrN3O2S. The molecule has 0 aromatic carbocycles. The Kier molecular flexibility index (Phi) is 5.97. The molecule has 0 aliphatic heterocycles. The number of halogens is 1. The van der Waals surface area contributed by atoms with Crippen molar-refractivity contribution in [1.82, 2.24) is 9.29 Å². The van der Waals surface area contributed by atoms with Gasteiger partial charge in [-0.05, 0) is 41.8 Å². The van der Waals surface area contributed by atoms with E-state index in [1.807, 2.05) is 27.7 Å². The van der Waals surface area contributed by atoms with Gasteiger partial charge in [0, 0.05) is 30.3 Å². The monoisotopic (exact) mass is 363 g/mol. The van der Waals surface area contributed by atoms with Crippen LogP contribution in [-0.4, -0.2) is 37.3 Å². The molecule has 0 unspecified atom stereocenters.